The molecule has 1 heterocycles. The third-order valence-corrected chi connectivity index (χ3v) is 4.12. The van der Waals surface area contributed by atoms with E-state index in [2.05, 4.69) is 10.1 Å². The van der Waals surface area contributed by atoms with Crippen molar-refractivity contribution in [2.75, 3.05) is 12.0 Å². The summed E-state index contributed by atoms with van der Waals surface area (Å²) in [6.45, 7) is 3.97. The predicted octanol–water partition coefficient (Wildman–Crippen LogP) is 1.38. The quantitative estimate of drug-likeness (QED) is 0.860. The molecule has 2 aromatic rings. The van der Waals surface area contributed by atoms with E-state index in [0.29, 0.717) is 11.4 Å². The molecule has 0 aliphatic carbocycles. The van der Waals surface area contributed by atoms with E-state index < -0.39 is 9.84 Å². The molecule has 0 amide bonds. The van der Waals surface area contributed by atoms with Crippen molar-refractivity contribution in [1.82, 2.24) is 14.8 Å². The summed E-state index contributed by atoms with van der Waals surface area (Å²) in [6, 6.07) is 4.66. The second kappa shape index (κ2) is 5.24. The van der Waals surface area contributed by atoms with Crippen molar-refractivity contribution >= 4 is 15.5 Å². The Kier molecular flexibility index (Phi) is 3.80. The molecule has 2 N–H and O–H groups in total. The number of rotatable bonds is 4. The number of sulfone groups is 1. The molecule has 0 spiro atoms. The van der Waals surface area contributed by atoms with E-state index in [-0.39, 0.29) is 4.90 Å². The standard InChI is InChI=1S/C13H18N4O2S/c1-4-12-15-13(5-2)17(16-12)11-7-6-9(8-10(11)14)20(3,18)19/h6-8H,4-5,14H2,1-3H3. The van der Waals surface area contributed by atoms with Gasteiger partial charge in [-0.3, -0.25) is 0 Å². The van der Waals surface area contributed by atoms with Crippen LogP contribution in [0.1, 0.15) is 25.5 Å². The van der Waals surface area contributed by atoms with E-state index in [4.69, 9.17) is 5.73 Å². The molecule has 0 saturated heterocycles. The Morgan fingerprint density at radius 2 is 1.95 bits per heavy atom. The van der Waals surface area contributed by atoms with E-state index in [9.17, 15) is 8.42 Å². The second-order valence-corrected chi connectivity index (χ2v) is 6.57. The summed E-state index contributed by atoms with van der Waals surface area (Å²) >= 11 is 0. The number of nitrogen functional groups attached to an aromatic ring is 1. The number of anilines is 1. The minimum Gasteiger partial charge on any atom is -0.397 e. The van der Waals surface area contributed by atoms with Crippen LogP contribution in [0.4, 0.5) is 5.69 Å². The Bertz CT molecular complexity index is 735. The van der Waals surface area contributed by atoms with Crippen LogP contribution in [0.25, 0.3) is 5.69 Å². The molecule has 1 aromatic heterocycles. The Hall–Kier alpha value is -1.89. The van der Waals surface area contributed by atoms with Crippen LogP contribution in [0.15, 0.2) is 23.1 Å². The van der Waals surface area contributed by atoms with Crippen LogP contribution in [0.5, 0.6) is 0 Å². The lowest BCUT2D eigenvalue weighted by molar-refractivity contribution is 0.602. The van der Waals surface area contributed by atoms with Gasteiger partial charge in [-0.05, 0) is 18.2 Å². The minimum absolute atomic E-state index is 0.202. The highest BCUT2D eigenvalue weighted by Crippen LogP contribution is 2.22. The SMILES string of the molecule is CCc1nc(CC)n(-c2ccc(S(C)(=O)=O)cc2N)n1. The van der Waals surface area contributed by atoms with Crippen LogP contribution in [-0.4, -0.2) is 29.4 Å². The summed E-state index contributed by atoms with van der Waals surface area (Å²) in [5.74, 6) is 1.55. The Morgan fingerprint density at radius 3 is 2.45 bits per heavy atom. The lowest BCUT2D eigenvalue weighted by Crippen LogP contribution is -2.07. The molecule has 2 rings (SSSR count). The van der Waals surface area contributed by atoms with Gasteiger partial charge in [-0.15, -0.1) is 0 Å². The highest BCUT2D eigenvalue weighted by Gasteiger charge is 2.14. The molecule has 20 heavy (non-hydrogen) atoms. The molecule has 0 bridgehead atoms. The zero-order valence-electron chi connectivity index (χ0n) is 11.8. The van der Waals surface area contributed by atoms with Gasteiger partial charge in [-0.2, -0.15) is 5.10 Å². The van der Waals surface area contributed by atoms with Crippen LogP contribution < -0.4 is 5.73 Å². The first-order valence-electron chi connectivity index (χ1n) is 6.41. The van der Waals surface area contributed by atoms with Crippen molar-refractivity contribution in [3.63, 3.8) is 0 Å². The third kappa shape index (κ3) is 2.67. The summed E-state index contributed by atoms with van der Waals surface area (Å²) in [5.41, 5.74) is 7.00. The number of hydrogen-bond donors (Lipinski definition) is 1. The third-order valence-electron chi connectivity index (χ3n) is 3.01. The van der Waals surface area contributed by atoms with Gasteiger partial charge in [-0.1, -0.05) is 13.8 Å². The molecule has 0 fully saturated rings. The van der Waals surface area contributed by atoms with Crippen molar-refractivity contribution in [2.24, 2.45) is 0 Å². The summed E-state index contributed by atoms with van der Waals surface area (Å²) in [5, 5.41) is 4.40. The molecular weight excluding hydrogens is 276 g/mol. The van der Waals surface area contributed by atoms with Gasteiger partial charge < -0.3 is 5.73 Å². The number of benzene rings is 1. The van der Waals surface area contributed by atoms with Crippen molar-refractivity contribution in [2.45, 2.75) is 31.6 Å². The lowest BCUT2D eigenvalue weighted by atomic mass is 10.2. The summed E-state index contributed by atoms with van der Waals surface area (Å²) in [6.07, 6.45) is 2.62. The second-order valence-electron chi connectivity index (χ2n) is 4.56. The van der Waals surface area contributed by atoms with E-state index in [1.54, 1.807) is 10.7 Å². The van der Waals surface area contributed by atoms with Gasteiger partial charge in [0.05, 0.1) is 16.3 Å². The van der Waals surface area contributed by atoms with Crippen molar-refractivity contribution < 1.29 is 8.42 Å². The monoisotopic (exact) mass is 294 g/mol. The molecule has 6 nitrogen and oxygen atoms in total. The van der Waals surface area contributed by atoms with E-state index in [0.717, 1.165) is 30.7 Å². The number of nitrogens with two attached hydrogens (primary N) is 1. The molecule has 0 atom stereocenters. The van der Waals surface area contributed by atoms with E-state index in [1.807, 2.05) is 13.8 Å². The normalized spacial score (nSPS) is 11.8. The van der Waals surface area contributed by atoms with Gasteiger partial charge in [0.15, 0.2) is 15.7 Å². The first-order valence-corrected chi connectivity index (χ1v) is 8.30. The summed E-state index contributed by atoms with van der Waals surface area (Å²) < 4.78 is 24.7. The van der Waals surface area contributed by atoms with Crippen LogP contribution in [0, 0.1) is 0 Å². The van der Waals surface area contributed by atoms with E-state index in [1.165, 1.54) is 12.1 Å². The molecule has 108 valence electrons. The first-order chi connectivity index (χ1) is 9.36. The van der Waals surface area contributed by atoms with Gasteiger partial charge in [0, 0.05) is 19.1 Å². The summed E-state index contributed by atoms with van der Waals surface area (Å²) in [7, 11) is -3.26. The van der Waals surface area contributed by atoms with Crippen LogP contribution >= 0.6 is 0 Å². The minimum atomic E-state index is -3.26. The van der Waals surface area contributed by atoms with Crippen LogP contribution in [0.2, 0.25) is 0 Å². The maximum absolute atomic E-state index is 11.5. The fourth-order valence-corrected chi connectivity index (χ4v) is 2.58. The van der Waals surface area contributed by atoms with Crippen LogP contribution in [-0.2, 0) is 22.7 Å². The van der Waals surface area contributed by atoms with Gasteiger partial charge in [0.25, 0.3) is 0 Å². The van der Waals surface area contributed by atoms with Gasteiger partial charge in [-0.25, -0.2) is 18.1 Å². The van der Waals surface area contributed by atoms with Gasteiger partial charge in [0.2, 0.25) is 0 Å². The zero-order chi connectivity index (χ0) is 14.9. The van der Waals surface area contributed by atoms with Crippen molar-refractivity contribution in [3.05, 3.63) is 29.8 Å². The molecule has 1 aromatic carbocycles. The maximum atomic E-state index is 11.5. The van der Waals surface area contributed by atoms with E-state index >= 15 is 0 Å². The van der Waals surface area contributed by atoms with Crippen LogP contribution in [0.3, 0.4) is 0 Å². The number of hydrogen-bond acceptors (Lipinski definition) is 5. The van der Waals surface area contributed by atoms with Crippen molar-refractivity contribution in [1.29, 1.82) is 0 Å². The lowest BCUT2D eigenvalue weighted by Gasteiger charge is -2.09. The average Bonchev–Trinajstić information content (AvgIpc) is 2.80. The number of aromatic nitrogens is 3. The summed E-state index contributed by atoms with van der Waals surface area (Å²) in [4.78, 5) is 4.62. The molecule has 0 aliphatic heterocycles. The molecule has 0 saturated carbocycles. The maximum Gasteiger partial charge on any atom is 0.175 e. The highest BCUT2D eigenvalue weighted by molar-refractivity contribution is 7.90. The zero-order valence-corrected chi connectivity index (χ0v) is 12.6. The Balaban J connectivity index is 2.56. The fraction of sp³-hybridized carbons (Fsp3) is 0.385. The van der Waals surface area contributed by atoms with Gasteiger partial charge in [0.1, 0.15) is 5.82 Å². The van der Waals surface area contributed by atoms with Crippen molar-refractivity contribution in [3.8, 4) is 5.69 Å². The molecular formula is C13H18N4O2S. The largest absolute Gasteiger partial charge is 0.397 e. The number of nitrogens with zero attached hydrogens (tertiary/aromatic N) is 3. The fourth-order valence-electron chi connectivity index (χ4n) is 1.92. The smallest absolute Gasteiger partial charge is 0.175 e. The topological polar surface area (TPSA) is 90.9 Å². The molecule has 0 radical (unpaired) electrons. The van der Waals surface area contributed by atoms with Gasteiger partial charge >= 0.3 is 0 Å². The molecule has 0 aliphatic rings. The molecule has 0 unspecified atom stereocenters. The molecule has 7 heteroatoms. The first kappa shape index (κ1) is 14.5. The Labute approximate surface area is 118 Å². The highest BCUT2D eigenvalue weighted by atomic mass is 32.2. The predicted molar refractivity (Wildman–Crippen MR) is 77.6 cm³/mol. The number of aryl methyl sites for hydroxylation is 2. The Morgan fingerprint density at radius 1 is 1.25 bits per heavy atom. The average molecular weight is 294 g/mol.